The van der Waals surface area contributed by atoms with Gasteiger partial charge in [-0.25, -0.2) is 9.78 Å². The number of hydrogen-bond acceptors (Lipinski definition) is 4. The van der Waals surface area contributed by atoms with Crippen molar-refractivity contribution < 1.29 is 19.4 Å². The molecular weight excluding hydrogens is 404 g/mol. The molecule has 6 nitrogen and oxygen atoms in total. The van der Waals surface area contributed by atoms with Gasteiger partial charge in [-0.3, -0.25) is 4.79 Å². The highest BCUT2D eigenvalue weighted by molar-refractivity contribution is 6.30. The lowest BCUT2D eigenvalue weighted by Gasteiger charge is -2.19. The number of carboxylic acids is 1. The number of aliphatic carboxylic acids is 1. The number of halogens is 1. The van der Waals surface area contributed by atoms with Crippen LogP contribution in [0.1, 0.15) is 35.1 Å². The van der Waals surface area contributed by atoms with Gasteiger partial charge in [-0.1, -0.05) is 66.2 Å². The first kappa shape index (κ1) is 19.9. The van der Waals surface area contributed by atoms with E-state index in [0.717, 1.165) is 22.3 Å². The molecule has 0 unspecified atom stereocenters. The zero-order valence-electron chi connectivity index (χ0n) is 15.9. The van der Waals surface area contributed by atoms with Crippen LogP contribution in [0.3, 0.4) is 0 Å². The number of fused-ring (bicyclic) bond motifs is 3. The number of carboxylic acid groups (broad SMARTS) is 1. The fourth-order valence-corrected chi connectivity index (χ4v) is 4.11. The molecule has 2 N–H and O–H groups in total. The lowest BCUT2D eigenvalue weighted by Crippen LogP contribution is -2.32. The number of ether oxygens (including phenoxy) is 1. The Morgan fingerprint density at radius 3 is 2.27 bits per heavy atom. The number of nitrogens with one attached hydrogen (secondary N) is 1. The van der Waals surface area contributed by atoms with E-state index in [0.29, 0.717) is 5.56 Å². The highest BCUT2D eigenvalue weighted by Gasteiger charge is 2.29. The Balaban J connectivity index is 1.49. The molecule has 7 heteroatoms. The van der Waals surface area contributed by atoms with Crippen molar-refractivity contribution in [3.05, 3.63) is 88.7 Å². The van der Waals surface area contributed by atoms with E-state index in [-0.39, 0.29) is 24.1 Å². The molecule has 1 atom stereocenters. The molecule has 0 bridgehead atoms. The van der Waals surface area contributed by atoms with Crippen LogP contribution in [0.2, 0.25) is 5.15 Å². The highest BCUT2D eigenvalue weighted by Crippen LogP contribution is 2.44. The van der Waals surface area contributed by atoms with E-state index in [9.17, 15) is 14.7 Å². The Hall–Kier alpha value is -3.38. The fraction of sp³-hybridized carbons (Fsp3) is 0.174. The third kappa shape index (κ3) is 4.00. The normalized spacial score (nSPS) is 13.2. The minimum atomic E-state index is -1.07. The molecule has 1 amide bonds. The van der Waals surface area contributed by atoms with E-state index in [1.54, 1.807) is 12.1 Å². The van der Waals surface area contributed by atoms with Gasteiger partial charge in [0, 0.05) is 17.7 Å². The van der Waals surface area contributed by atoms with Crippen molar-refractivity contribution in [3.8, 4) is 11.1 Å². The Labute approximate surface area is 178 Å². The molecule has 30 heavy (non-hydrogen) atoms. The quantitative estimate of drug-likeness (QED) is 0.557. The number of nitrogens with zero attached hydrogens (tertiary/aromatic N) is 1. The van der Waals surface area contributed by atoms with Crippen LogP contribution in [0.4, 0.5) is 4.79 Å². The van der Waals surface area contributed by atoms with E-state index in [1.165, 1.54) is 6.20 Å². The summed E-state index contributed by atoms with van der Waals surface area (Å²) in [7, 11) is 0. The second kappa shape index (κ2) is 8.55. The third-order valence-electron chi connectivity index (χ3n) is 5.18. The molecule has 0 fully saturated rings. The molecule has 0 saturated carbocycles. The van der Waals surface area contributed by atoms with E-state index in [2.05, 4.69) is 22.4 Å². The molecule has 0 spiro atoms. The summed E-state index contributed by atoms with van der Waals surface area (Å²) in [5, 5.41) is 12.0. The minimum absolute atomic E-state index is 0.0805. The summed E-state index contributed by atoms with van der Waals surface area (Å²) >= 11 is 6.08. The molecular formula is C23H19ClN2O4. The van der Waals surface area contributed by atoms with Crippen LogP contribution in [-0.4, -0.2) is 28.8 Å². The number of amides is 1. The van der Waals surface area contributed by atoms with Gasteiger partial charge in [-0.05, 0) is 28.3 Å². The summed E-state index contributed by atoms with van der Waals surface area (Å²) < 4.78 is 5.51. The topological polar surface area (TPSA) is 88.5 Å². The Morgan fingerprint density at radius 2 is 1.67 bits per heavy atom. The van der Waals surface area contributed by atoms with Crippen LogP contribution in [0.25, 0.3) is 11.1 Å². The van der Waals surface area contributed by atoms with E-state index >= 15 is 0 Å². The van der Waals surface area contributed by atoms with Crippen molar-refractivity contribution in [3.63, 3.8) is 0 Å². The molecule has 2 aromatic carbocycles. The fourth-order valence-electron chi connectivity index (χ4n) is 3.85. The van der Waals surface area contributed by atoms with Crippen molar-refractivity contribution in [2.75, 3.05) is 6.61 Å². The van der Waals surface area contributed by atoms with Gasteiger partial charge < -0.3 is 15.2 Å². The zero-order chi connectivity index (χ0) is 21.1. The Kier molecular flexibility index (Phi) is 5.68. The van der Waals surface area contributed by atoms with Gasteiger partial charge in [0.1, 0.15) is 11.8 Å². The van der Waals surface area contributed by atoms with Gasteiger partial charge in [0.15, 0.2) is 0 Å². The van der Waals surface area contributed by atoms with Gasteiger partial charge >= 0.3 is 12.1 Å². The van der Waals surface area contributed by atoms with Crippen LogP contribution in [0, 0.1) is 0 Å². The average molecular weight is 423 g/mol. The maximum atomic E-state index is 12.5. The maximum absolute atomic E-state index is 12.5. The monoisotopic (exact) mass is 422 g/mol. The zero-order valence-corrected chi connectivity index (χ0v) is 16.7. The Morgan fingerprint density at radius 1 is 1.03 bits per heavy atom. The van der Waals surface area contributed by atoms with E-state index in [1.807, 2.05) is 36.4 Å². The van der Waals surface area contributed by atoms with Gasteiger partial charge in [-0.2, -0.15) is 0 Å². The van der Waals surface area contributed by atoms with Gasteiger partial charge in [0.2, 0.25) is 0 Å². The molecule has 1 aliphatic rings. The van der Waals surface area contributed by atoms with Gasteiger partial charge in [0.25, 0.3) is 0 Å². The number of aromatic nitrogens is 1. The molecule has 1 heterocycles. The third-order valence-corrected chi connectivity index (χ3v) is 5.49. The number of carbonyl (C=O) groups excluding carboxylic acids is 1. The molecule has 0 saturated heterocycles. The summed E-state index contributed by atoms with van der Waals surface area (Å²) in [5.41, 5.74) is 4.89. The molecule has 0 radical (unpaired) electrons. The van der Waals surface area contributed by atoms with Crippen LogP contribution < -0.4 is 5.32 Å². The summed E-state index contributed by atoms with van der Waals surface area (Å²) in [5.74, 6) is -1.15. The first-order valence-electron chi connectivity index (χ1n) is 9.48. The largest absolute Gasteiger partial charge is 0.481 e. The number of benzene rings is 2. The SMILES string of the molecule is O=C(O)C[C@H](NC(=O)OCC1c2ccccc2-c2ccccc21)c1cccnc1Cl. The van der Waals surface area contributed by atoms with Crippen molar-refractivity contribution in [2.24, 2.45) is 0 Å². The molecule has 152 valence electrons. The second-order valence-electron chi connectivity index (χ2n) is 7.00. The number of alkyl carbamates (subject to hydrolysis) is 1. The first-order valence-corrected chi connectivity index (χ1v) is 9.86. The predicted octanol–water partition coefficient (Wildman–Crippen LogP) is 4.79. The smallest absolute Gasteiger partial charge is 0.407 e. The molecule has 1 aromatic heterocycles. The van der Waals surface area contributed by atoms with Crippen molar-refractivity contribution >= 4 is 23.7 Å². The van der Waals surface area contributed by atoms with Crippen LogP contribution >= 0.6 is 11.6 Å². The number of pyridine rings is 1. The van der Waals surface area contributed by atoms with Gasteiger partial charge in [0.05, 0.1) is 12.5 Å². The molecule has 1 aliphatic carbocycles. The average Bonchev–Trinajstić information content (AvgIpc) is 3.06. The first-order chi connectivity index (χ1) is 14.5. The van der Waals surface area contributed by atoms with Crippen molar-refractivity contribution in [1.82, 2.24) is 10.3 Å². The summed E-state index contributed by atoms with van der Waals surface area (Å²) in [4.78, 5) is 27.7. The highest BCUT2D eigenvalue weighted by atomic mass is 35.5. The lowest BCUT2D eigenvalue weighted by atomic mass is 9.98. The second-order valence-corrected chi connectivity index (χ2v) is 7.36. The van der Waals surface area contributed by atoms with Crippen molar-refractivity contribution in [1.29, 1.82) is 0 Å². The lowest BCUT2D eigenvalue weighted by molar-refractivity contribution is -0.137. The predicted molar refractivity (Wildman–Crippen MR) is 112 cm³/mol. The van der Waals surface area contributed by atoms with Crippen LogP contribution in [0.15, 0.2) is 66.9 Å². The van der Waals surface area contributed by atoms with E-state index in [4.69, 9.17) is 16.3 Å². The molecule has 3 aromatic rings. The number of rotatable bonds is 6. The van der Waals surface area contributed by atoms with E-state index < -0.39 is 18.1 Å². The Bertz CT molecular complexity index is 1060. The minimum Gasteiger partial charge on any atom is -0.481 e. The maximum Gasteiger partial charge on any atom is 0.407 e. The number of carbonyl (C=O) groups is 2. The van der Waals surface area contributed by atoms with Crippen molar-refractivity contribution in [2.45, 2.75) is 18.4 Å². The van der Waals surface area contributed by atoms with Gasteiger partial charge in [-0.15, -0.1) is 0 Å². The van der Waals surface area contributed by atoms with Crippen LogP contribution in [0.5, 0.6) is 0 Å². The van der Waals surface area contributed by atoms with Crippen LogP contribution in [-0.2, 0) is 9.53 Å². The molecule has 0 aliphatic heterocycles. The standard InChI is InChI=1S/C23H19ClN2O4/c24-22-18(10-5-11-25-22)20(12-21(27)28)26-23(29)30-13-19-16-8-3-1-6-14(16)15-7-2-4-9-17(15)19/h1-11,19-20H,12-13H2,(H,26,29)(H,27,28)/t20-/m0/s1. The summed E-state index contributed by atoms with van der Waals surface area (Å²) in [6.07, 6.45) is 0.454. The number of hydrogen-bond donors (Lipinski definition) is 2. The molecule has 4 rings (SSSR count). The summed E-state index contributed by atoms with van der Waals surface area (Å²) in [6, 6.07) is 18.5. The summed E-state index contributed by atoms with van der Waals surface area (Å²) in [6.45, 7) is 0.139.